The van der Waals surface area contributed by atoms with E-state index in [0.29, 0.717) is 18.8 Å². The highest BCUT2D eigenvalue weighted by atomic mass is 32.2. The molecule has 1 saturated heterocycles. The van der Waals surface area contributed by atoms with Crippen LogP contribution < -0.4 is 15.4 Å². The number of urea groups is 1. The van der Waals surface area contributed by atoms with E-state index in [2.05, 4.69) is 20.5 Å². The predicted molar refractivity (Wildman–Crippen MR) is 128 cm³/mol. The molecule has 0 bridgehead atoms. The maximum atomic E-state index is 13.0. The van der Waals surface area contributed by atoms with Crippen molar-refractivity contribution in [3.8, 4) is 5.75 Å². The van der Waals surface area contributed by atoms with Gasteiger partial charge in [0.15, 0.2) is 0 Å². The molecule has 0 unspecified atom stereocenters. The quantitative estimate of drug-likeness (QED) is 0.608. The number of likely N-dealkylation sites (tertiary alicyclic amines) is 1. The van der Waals surface area contributed by atoms with E-state index in [1.807, 2.05) is 26.0 Å². The molecule has 2 amide bonds. The summed E-state index contributed by atoms with van der Waals surface area (Å²) in [5, 5.41) is 5.71. The van der Waals surface area contributed by atoms with E-state index in [4.69, 9.17) is 4.74 Å². The molecule has 0 aliphatic carbocycles. The molecule has 0 saturated carbocycles. The Morgan fingerprint density at radius 2 is 1.85 bits per heavy atom. The lowest BCUT2D eigenvalue weighted by atomic mass is 10.1. The van der Waals surface area contributed by atoms with Crippen LogP contribution in [0.3, 0.4) is 0 Å². The first kappa shape index (κ1) is 24.9. The molecular formula is C23H33N5O4S. The van der Waals surface area contributed by atoms with Crippen LogP contribution in [0.15, 0.2) is 41.3 Å². The number of anilines is 1. The Bertz CT molecular complexity index is 1050. The minimum Gasteiger partial charge on any atom is -0.497 e. The molecule has 2 N–H and O–H groups in total. The van der Waals surface area contributed by atoms with Gasteiger partial charge in [-0.3, -0.25) is 4.98 Å². The lowest BCUT2D eigenvalue weighted by Crippen LogP contribution is -2.47. The van der Waals surface area contributed by atoms with Gasteiger partial charge in [0.05, 0.1) is 12.0 Å². The SMILES string of the molecule is COc1cccc(S(=O)(=O)N(C)C2CCN(CCNC(=O)Nc3cc(C)nc(C)c3)CC2)c1. The van der Waals surface area contributed by atoms with Crippen molar-refractivity contribution in [3.05, 3.63) is 47.8 Å². The number of nitrogens with zero attached hydrogens (tertiary/aromatic N) is 3. The van der Waals surface area contributed by atoms with Crippen molar-refractivity contribution in [1.29, 1.82) is 0 Å². The first-order valence-electron chi connectivity index (χ1n) is 11.0. The van der Waals surface area contributed by atoms with E-state index in [1.165, 1.54) is 11.4 Å². The molecule has 9 nitrogen and oxygen atoms in total. The molecule has 2 heterocycles. The number of rotatable bonds is 8. The van der Waals surface area contributed by atoms with Gasteiger partial charge >= 0.3 is 6.03 Å². The fourth-order valence-corrected chi connectivity index (χ4v) is 5.49. The highest BCUT2D eigenvalue weighted by Gasteiger charge is 2.31. The van der Waals surface area contributed by atoms with E-state index in [9.17, 15) is 13.2 Å². The molecule has 1 aromatic heterocycles. The average Bonchev–Trinajstić information content (AvgIpc) is 2.78. The summed E-state index contributed by atoms with van der Waals surface area (Å²) in [6, 6.07) is 9.89. The maximum Gasteiger partial charge on any atom is 0.319 e. The van der Waals surface area contributed by atoms with Crippen molar-refractivity contribution in [3.63, 3.8) is 0 Å². The number of carbonyl (C=O) groups excluding carboxylic acids is 1. The van der Waals surface area contributed by atoms with Gasteiger partial charge in [-0.15, -0.1) is 0 Å². The summed E-state index contributed by atoms with van der Waals surface area (Å²) in [6.45, 7) is 6.54. The van der Waals surface area contributed by atoms with Crippen LogP contribution >= 0.6 is 0 Å². The number of sulfonamides is 1. The third kappa shape index (κ3) is 6.66. The summed E-state index contributed by atoms with van der Waals surface area (Å²) >= 11 is 0. The summed E-state index contributed by atoms with van der Waals surface area (Å²) in [4.78, 5) is 18.9. The second kappa shape index (κ2) is 11.0. The molecule has 180 valence electrons. The van der Waals surface area contributed by atoms with Crippen LogP contribution in [-0.4, -0.2) is 75.0 Å². The number of ether oxygens (including phenoxy) is 1. The van der Waals surface area contributed by atoms with Crippen molar-refractivity contribution >= 4 is 21.7 Å². The zero-order valence-electron chi connectivity index (χ0n) is 19.7. The van der Waals surface area contributed by atoms with Crippen LogP contribution in [0.2, 0.25) is 0 Å². The van der Waals surface area contributed by atoms with Crippen molar-refractivity contribution in [1.82, 2.24) is 19.5 Å². The van der Waals surface area contributed by atoms with Gasteiger partial charge in [0.2, 0.25) is 10.0 Å². The molecule has 0 atom stereocenters. The number of aryl methyl sites for hydroxylation is 2. The zero-order valence-corrected chi connectivity index (χ0v) is 20.5. The van der Waals surface area contributed by atoms with E-state index in [0.717, 1.165) is 43.0 Å². The lowest BCUT2D eigenvalue weighted by molar-refractivity contribution is 0.170. The summed E-state index contributed by atoms with van der Waals surface area (Å²) in [7, 11) is -0.427. The van der Waals surface area contributed by atoms with Gasteiger partial charge in [0.25, 0.3) is 0 Å². The third-order valence-corrected chi connectivity index (χ3v) is 7.75. The lowest BCUT2D eigenvalue weighted by Gasteiger charge is -2.36. The molecule has 1 fully saturated rings. The third-order valence-electron chi connectivity index (χ3n) is 5.84. The maximum absolute atomic E-state index is 13.0. The Kier molecular flexibility index (Phi) is 8.28. The van der Waals surface area contributed by atoms with E-state index in [1.54, 1.807) is 31.3 Å². The Labute approximate surface area is 196 Å². The molecule has 10 heteroatoms. The number of hydrogen-bond acceptors (Lipinski definition) is 6. The van der Waals surface area contributed by atoms with Crippen molar-refractivity contribution in [2.45, 2.75) is 37.6 Å². The molecular weight excluding hydrogens is 442 g/mol. The Morgan fingerprint density at radius 1 is 1.18 bits per heavy atom. The second-order valence-corrected chi connectivity index (χ2v) is 10.3. The Balaban J connectivity index is 1.44. The number of nitrogens with one attached hydrogen (secondary N) is 2. The average molecular weight is 476 g/mol. The number of amides is 2. The van der Waals surface area contributed by atoms with Crippen molar-refractivity contribution in [2.24, 2.45) is 0 Å². The molecule has 3 rings (SSSR count). The van der Waals surface area contributed by atoms with Crippen molar-refractivity contribution < 1.29 is 17.9 Å². The van der Waals surface area contributed by atoms with Gasteiger partial charge in [-0.1, -0.05) is 6.07 Å². The minimum absolute atomic E-state index is 0.0631. The monoisotopic (exact) mass is 475 g/mol. The van der Waals surface area contributed by atoms with E-state index < -0.39 is 10.0 Å². The molecule has 1 aliphatic rings. The van der Waals surface area contributed by atoms with E-state index in [-0.39, 0.29) is 17.0 Å². The Morgan fingerprint density at radius 3 is 2.48 bits per heavy atom. The molecule has 0 radical (unpaired) electrons. The first-order chi connectivity index (χ1) is 15.7. The smallest absolute Gasteiger partial charge is 0.319 e. The van der Waals surface area contributed by atoms with Crippen molar-refractivity contribution in [2.75, 3.05) is 45.7 Å². The Hall–Kier alpha value is -2.69. The largest absolute Gasteiger partial charge is 0.497 e. The summed E-state index contributed by atoms with van der Waals surface area (Å²) in [5.74, 6) is 0.519. The summed E-state index contributed by atoms with van der Waals surface area (Å²) < 4.78 is 32.7. The van der Waals surface area contributed by atoms with Gasteiger partial charge in [-0.2, -0.15) is 4.31 Å². The number of benzene rings is 1. The summed E-state index contributed by atoms with van der Waals surface area (Å²) in [6.07, 6.45) is 1.48. The number of hydrogen-bond donors (Lipinski definition) is 2. The number of methoxy groups -OCH3 is 1. The minimum atomic E-state index is -3.59. The molecule has 1 aliphatic heterocycles. The number of piperidine rings is 1. The van der Waals surface area contributed by atoms with Crippen LogP contribution in [0.25, 0.3) is 0 Å². The van der Waals surface area contributed by atoms with Gasteiger partial charge in [0.1, 0.15) is 5.75 Å². The molecule has 2 aromatic rings. The second-order valence-electron chi connectivity index (χ2n) is 8.29. The molecule has 33 heavy (non-hydrogen) atoms. The van der Waals surface area contributed by atoms with Crippen LogP contribution in [0.1, 0.15) is 24.2 Å². The first-order valence-corrected chi connectivity index (χ1v) is 12.5. The van der Waals surface area contributed by atoms with Gasteiger partial charge in [-0.05, 0) is 64.0 Å². The fraction of sp³-hybridized carbons (Fsp3) is 0.478. The number of carbonyl (C=O) groups is 1. The fourth-order valence-electron chi connectivity index (χ4n) is 4.04. The highest BCUT2D eigenvalue weighted by Crippen LogP contribution is 2.25. The summed E-state index contributed by atoms with van der Waals surface area (Å²) in [5.41, 5.74) is 2.43. The van der Waals surface area contributed by atoms with Gasteiger partial charge in [-0.25, -0.2) is 13.2 Å². The molecule has 1 aromatic carbocycles. The number of aromatic nitrogens is 1. The number of pyridine rings is 1. The van der Waals surface area contributed by atoms with E-state index >= 15 is 0 Å². The normalized spacial score (nSPS) is 15.4. The molecule has 0 spiro atoms. The zero-order chi connectivity index (χ0) is 24.0. The highest BCUT2D eigenvalue weighted by molar-refractivity contribution is 7.89. The van der Waals surface area contributed by atoms with Gasteiger partial charge < -0.3 is 20.3 Å². The van der Waals surface area contributed by atoms with Crippen LogP contribution in [0, 0.1) is 13.8 Å². The van der Waals surface area contributed by atoms with Crippen LogP contribution in [-0.2, 0) is 10.0 Å². The van der Waals surface area contributed by atoms with Crippen LogP contribution in [0.4, 0.5) is 10.5 Å². The topological polar surface area (TPSA) is 104 Å². The predicted octanol–water partition coefficient (Wildman–Crippen LogP) is 2.61. The standard InChI is InChI=1S/C23H33N5O4S/c1-17-14-19(15-18(2)25-17)26-23(29)24-10-13-28-11-8-20(9-12-28)27(3)33(30,31)22-7-5-6-21(16-22)32-4/h5-7,14-16,20H,8-13H2,1-4H3,(H2,24,25,26,29). The van der Waals surface area contributed by atoms with Crippen LogP contribution in [0.5, 0.6) is 5.75 Å². The van der Waals surface area contributed by atoms with Gasteiger partial charge in [0, 0.05) is 49.3 Å².